The van der Waals surface area contributed by atoms with Crippen molar-refractivity contribution in [3.8, 4) is 34.0 Å². The molecule has 0 aliphatic carbocycles. The van der Waals surface area contributed by atoms with Crippen molar-refractivity contribution in [2.24, 2.45) is 0 Å². The smallest absolute Gasteiger partial charge is 0.423 e. The molecule has 4 rings (SSSR count). The summed E-state index contributed by atoms with van der Waals surface area (Å²) >= 11 is 0. The zero-order valence-corrected chi connectivity index (χ0v) is 14.4. The van der Waals surface area contributed by atoms with E-state index in [4.69, 9.17) is 4.98 Å². The van der Waals surface area contributed by atoms with E-state index in [9.17, 15) is 10.0 Å². The van der Waals surface area contributed by atoms with Crippen LogP contribution in [0.2, 0.25) is 0 Å². The molecule has 2 aromatic carbocycles. The fraction of sp³-hybridized carbons (Fsp3) is 0. The predicted octanol–water partition coefficient (Wildman–Crippen LogP) is 2.55. The van der Waals surface area contributed by atoms with Gasteiger partial charge in [-0.25, -0.2) is 9.97 Å². The molecule has 0 saturated heterocycles. The molecule has 0 spiro atoms. The summed E-state index contributed by atoms with van der Waals surface area (Å²) in [5.41, 5.74) is 4.48. The first-order valence-corrected chi connectivity index (χ1v) is 8.53. The first-order chi connectivity index (χ1) is 13.2. The lowest BCUT2D eigenvalue weighted by Gasteiger charge is -2.09. The molecule has 0 amide bonds. The second-order valence-corrected chi connectivity index (χ2v) is 6.04. The zero-order chi connectivity index (χ0) is 18.6. The van der Waals surface area contributed by atoms with Gasteiger partial charge in [0.05, 0.1) is 17.1 Å². The summed E-state index contributed by atoms with van der Waals surface area (Å²) in [6.07, 6.45) is 1.73. The second kappa shape index (κ2) is 7.49. The van der Waals surface area contributed by atoms with Crippen molar-refractivity contribution >= 4 is 12.6 Å². The topological polar surface area (TPSA) is 79.1 Å². The van der Waals surface area contributed by atoms with Gasteiger partial charge >= 0.3 is 7.12 Å². The van der Waals surface area contributed by atoms with Gasteiger partial charge in [0.25, 0.3) is 0 Å². The van der Waals surface area contributed by atoms with Gasteiger partial charge in [0.1, 0.15) is 0 Å². The highest BCUT2D eigenvalue weighted by Gasteiger charge is 2.13. The number of hydrogen-bond acceptors (Lipinski definition) is 5. The van der Waals surface area contributed by atoms with Crippen LogP contribution in [0.3, 0.4) is 0 Å². The third-order valence-electron chi connectivity index (χ3n) is 4.19. The van der Waals surface area contributed by atoms with Gasteiger partial charge in [-0.15, -0.1) is 0 Å². The van der Waals surface area contributed by atoms with E-state index in [1.165, 1.54) is 0 Å². The van der Waals surface area contributed by atoms with Gasteiger partial charge in [-0.3, -0.25) is 4.98 Å². The minimum Gasteiger partial charge on any atom is -0.423 e. The minimum absolute atomic E-state index is 0.419. The van der Waals surface area contributed by atoms with Crippen LogP contribution in [0.15, 0.2) is 85.1 Å². The van der Waals surface area contributed by atoms with Crippen LogP contribution in [0.1, 0.15) is 0 Å². The Hall–Kier alpha value is -3.35. The van der Waals surface area contributed by atoms with E-state index in [0.29, 0.717) is 11.3 Å². The number of pyridine rings is 1. The lowest BCUT2D eigenvalue weighted by atomic mass is 9.80. The SMILES string of the molecule is OB(O)c1ccc(-c2nc(-c3ccccc3)cc(-c3ccccn3)n2)cc1. The lowest BCUT2D eigenvalue weighted by Crippen LogP contribution is -2.29. The molecule has 0 bridgehead atoms. The molecule has 0 aliphatic rings. The number of benzene rings is 2. The van der Waals surface area contributed by atoms with E-state index in [-0.39, 0.29) is 0 Å². The normalized spacial score (nSPS) is 10.6. The monoisotopic (exact) mass is 353 g/mol. The first kappa shape index (κ1) is 17.1. The van der Waals surface area contributed by atoms with Crippen LogP contribution in [0.25, 0.3) is 34.0 Å². The Labute approximate surface area is 157 Å². The highest BCUT2D eigenvalue weighted by atomic mass is 16.4. The van der Waals surface area contributed by atoms with Crippen LogP contribution < -0.4 is 5.46 Å². The molecule has 2 N–H and O–H groups in total. The van der Waals surface area contributed by atoms with Gasteiger partial charge in [0, 0.05) is 17.3 Å². The second-order valence-electron chi connectivity index (χ2n) is 6.04. The zero-order valence-electron chi connectivity index (χ0n) is 14.4. The van der Waals surface area contributed by atoms with Crippen molar-refractivity contribution in [2.45, 2.75) is 0 Å². The summed E-state index contributed by atoms with van der Waals surface area (Å²) in [7, 11) is -1.50. The third-order valence-corrected chi connectivity index (χ3v) is 4.19. The van der Waals surface area contributed by atoms with Gasteiger partial charge in [-0.1, -0.05) is 60.7 Å². The average molecular weight is 353 g/mol. The maximum absolute atomic E-state index is 9.29. The van der Waals surface area contributed by atoms with Crippen molar-refractivity contribution in [3.05, 3.63) is 85.1 Å². The fourth-order valence-corrected chi connectivity index (χ4v) is 2.78. The summed E-state index contributed by atoms with van der Waals surface area (Å²) in [5, 5.41) is 18.6. The van der Waals surface area contributed by atoms with Crippen LogP contribution in [-0.4, -0.2) is 32.1 Å². The Morgan fingerprint density at radius 1 is 0.630 bits per heavy atom. The van der Waals surface area contributed by atoms with Gasteiger partial charge in [0.2, 0.25) is 0 Å². The van der Waals surface area contributed by atoms with Crippen LogP contribution in [0, 0.1) is 0 Å². The van der Waals surface area contributed by atoms with Crippen molar-refractivity contribution in [2.75, 3.05) is 0 Å². The van der Waals surface area contributed by atoms with Crippen LogP contribution >= 0.6 is 0 Å². The van der Waals surface area contributed by atoms with Crippen LogP contribution in [0.5, 0.6) is 0 Å². The molecule has 2 heterocycles. The molecule has 0 atom stereocenters. The Bertz CT molecular complexity index is 982. The Kier molecular flexibility index (Phi) is 4.74. The lowest BCUT2D eigenvalue weighted by molar-refractivity contribution is 0.426. The molecular weight excluding hydrogens is 337 g/mol. The molecule has 2 aromatic heterocycles. The summed E-state index contributed by atoms with van der Waals surface area (Å²) in [6, 6.07) is 24.4. The van der Waals surface area contributed by atoms with E-state index in [1.807, 2.05) is 54.6 Å². The van der Waals surface area contributed by atoms with Gasteiger partial charge in [-0.2, -0.15) is 0 Å². The molecule has 0 unspecified atom stereocenters. The Balaban J connectivity index is 1.85. The number of aromatic nitrogens is 3. The van der Waals surface area contributed by atoms with E-state index >= 15 is 0 Å². The first-order valence-electron chi connectivity index (χ1n) is 8.53. The maximum atomic E-state index is 9.29. The largest absolute Gasteiger partial charge is 0.488 e. The van der Waals surface area contributed by atoms with Crippen molar-refractivity contribution in [1.82, 2.24) is 15.0 Å². The quantitative estimate of drug-likeness (QED) is 0.552. The van der Waals surface area contributed by atoms with E-state index in [0.717, 1.165) is 28.2 Å². The molecule has 0 saturated carbocycles. The summed E-state index contributed by atoms with van der Waals surface area (Å²) in [6.45, 7) is 0. The molecular formula is C21H16BN3O2. The van der Waals surface area contributed by atoms with Gasteiger partial charge in [-0.05, 0) is 23.7 Å². The average Bonchev–Trinajstić information content (AvgIpc) is 2.75. The van der Waals surface area contributed by atoms with Gasteiger partial charge < -0.3 is 10.0 Å². The molecule has 6 heteroatoms. The van der Waals surface area contributed by atoms with E-state index in [1.54, 1.807) is 30.5 Å². The number of rotatable bonds is 4. The summed E-state index contributed by atoms with van der Waals surface area (Å²) in [4.78, 5) is 13.8. The van der Waals surface area contributed by atoms with E-state index < -0.39 is 7.12 Å². The highest BCUT2D eigenvalue weighted by Crippen LogP contribution is 2.26. The third kappa shape index (κ3) is 3.77. The Morgan fingerprint density at radius 3 is 2.00 bits per heavy atom. The van der Waals surface area contributed by atoms with Crippen molar-refractivity contribution in [3.63, 3.8) is 0 Å². The maximum Gasteiger partial charge on any atom is 0.488 e. The Morgan fingerprint density at radius 2 is 1.33 bits per heavy atom. The van der Waals surface area contributed by atoms with Crippen LogP contribution in [-0.2, 0) is 0 Å². The molecule has 27 heavy (non-hydrogen) atoms. The van der Waals surface area contributed by atoms with Crippen LogP contribution in [0.4, 0.5) is 0 Å². The van der Waals surface area contributed by atoms with Crippen molar-refractivity contribution < 1.29 is 10.0 Å². The predicted molar refractivity (Wildman–Crippen MR) is 106 cm³/mol. The molecule has 4 aromatic rings. The standard InChI is InChI=1S/C21H16BN3O2/c26-22(27)17-11-9-16(10-12-17)21-24-19(15-6-2-1-3-7-15)14-20(25-21)18-8-4-5-13-23-18/h1-14,26-27H. The molecule has 0 aliphatic heterocycles. The van der Waals surface area contributed by atoms with E-state index in [2.05, 4.69) is 9.97 Å². The number of hydrogen-bond donors (Lipinski definition) is 2. The molecule has 0 radical (unpaired) electrons. The van der Waals surface area contributed by atoms with Gasteiger partial charge in [0.15, 0.2) is 5.82 Å². The van der Waals surface area contributed by atoms with Crippen molar-refractivity contribution in [1.29, 1.82) is 0 Å². The highest BCUT2D eigenvalue weighted by molar-refractivity contribution is 6.58. The molecule has 0 fully saturated rings. The number of nitrogens with zero attached hydrogens (tertiary/aromatic N) is 3. The summed E-state index contributed by atoms with van der Waals surface area (Å²) < 4.78 is 0. The molecule has 5 nitrogen and oxygen atoms in total. The fourth-order valence-electron chi connectivity index (χ4n) is 2.78. The minimum atomic E-state index is -1.50. The molecule has 130 valence electrons. The summed E-state index contributed by atoms with van der Waals surface area (Å²) in [5.74, 6) is 0.552.